The second kappa shape index (κ2) is 4.48. The van der Waals surface area contributed by atoms with Gasteiger partial charge in [0, 0.05) is 0 Å². The molecule has 1 aromatic rings. The number of ether oxygens (including phenoxy) is 1. The van der Waals surface area contributed by atoms with Crippen LogP contribution in [0.4, 0.5) is 5.69 Å². The zero-order valence-corrected chi connectivity index (χ0v) is 7.51. The van der Waals surface area contributed by atoms with Gasteiger partial charge in [-0.3, -0.25) is 4.79 Å². The molecule has 5 heteroatoms. The van der Waals surface area contributed by atoms with Crippen LogP contribution in [0.25, 0.3) is 0 Å². The van der Waals surface area contributed by atoms with Crippen LogP contribution in [0.15, 0.2) is 24.3 Å². The van der Waals surface area contributed by atoms with Gasteiger partial charge in [0.2, 0.25) is 0 Å². The Morgan fingerprint density at radius 2 is 2.14 bits per heavy atom. The number of hydrogen-bond donors (Lipinski definition) is 3. The standard InChI is InChI=1S/C9H12N2O3/c10-6-3-1-2-4-8(6)14-5-7(11)9(12)13/h1-4,7H,5,10-11H2,(H,12,13)/t7-/m0/s1. The molecule has 1 atom stereocenters. The van der Waals surface area contributed by atoms with Crippen molar-refractivity contribution in [3.05, 3.63) is 24.3 Å². The highest BCUT2D eigenvalue weighted by Crippen LogP contribution is 2.19. The average Bonchev–Trinajstić information content (AvgIpc) is 2.16. The number of anilines is 1. The van der Waals surface area contributed by atoms with Gasteiger partial charge in [0.15, 0.2) is 0 Å². The third-order valence-electron chi connectivity index (χ3n) is 1.65. The van der Waals surface area contributed by atoms with Crippen molar-refractivity contribution in [3.63, 3.8) is 0 Å². The molecule has 0 amide bonds. The van der Waals surface area contributed by atoms with E-state index in [-0.39, 0.29) is 6.61 Å². The van der Waals surface area contributed by atoms with E-state index in [1.807, 2.05) is 0 Å². The van der Waals surface area contributed by atoms with Crippen LogP contribution >= 0.6 is 0 Å². The van der Waals surface area contributed by atoms with Crippen molar-refractivity contribution in [1.82, 2.24) is 0 Å². The van der Waals surface area contributed by atoms with Crippen LogP contribution in [0, 0.1) is 0 Å². The van der Waals surface area contributed by atoms with E-state index in [2.05, 4.69) is 0 Å². The SMILES string of the molecule is Nc1ccccc1OC[C@H](N)C(=O)O. The summed E-state index contributed by atoms with van der Waals surface area (Å²) in [5.41, 5.74) is 11.3. The first kappa shape index (κ1) is 10.3. The lowest BCUT2D eigenvalue weighted by Gasteiger charge is -2.10. The second-order valence-electron chi connectivity index (χ2n) is 2.79. The van der Waals surface area contributed by atoms with Crippen molar-refractivity contribution >= 4 is 11.7 Å². The fourth-order valence-electron chi connectivity index (χ4n) is 0.863. The predicted octanol–water partition coefficient (Wildman–Crippen LogP) is 0.0595. The van der Waals surface area contributed by atoms with Crippen LogP contribution in [0.1, 0.15) is 0 Å². The van der Waals surface area contributed by atoms with Gasteiger partial charge in [-0.1, -0.05) is 12.1 Å². The van der Waals surface area contributed by atoms with Gasteiger partial charge >= 0.3 is 5.97 Å². The molecule has 1 rings (SSSR count). The number of nitrogens with two attached hydrogens (primary N) is 2. The number of nitrogen functional groups attached to an aromatic ring is 1. The minimum Gasteiger partial charge on any atom is -0.489 e. The molecule has 0 aliphatic rings. The molecule has 14 heavy (non-hydrogen) atoms. The van der Waals surface area contributed by atoms with Crippen LogP contribution in [0.2, 0.25) is 0 Å². The Morgan fingerprint density at radius 1 is 1.50 bits per heavy atom. The summed E-state index contributed by atoms with van der Waals surface area (Å²) in [5.74, 6) is -0.649. The van der Waals surface area contributed by atoms with Crippen molar-refractivity contribution in [1.29, 1.82) is 0 Å². The number of para-hydroxylation sites is 2. The van der Waals surface area contributed by atoms with Gasteiger partial charge in [-0.25, -0.2) is 0 Å². The Kier molecular flexibility index (Phi) is 3.30. The maximum Gasteiger partial charge on any atom is 0.324 e. The molecule has 5 N–H and O–H groups in total. The van der Waals surface area contributed by atoms with Crippen LogP contribution < -0.4 is 16.2 Å². The molecule has 0 bridgehead atoms. The minimum absolute atomic E-state index is 0.0937. The lowest BCUT2D eigenvalue weighted by Crippen LogP contribution is -2.36. The highest BCUT2D eigenvalue weighted by molar-refractivity contribution is 5.73. The van der Waals surface area contributed by atoms with E-state index in [0.29, 0.717) is 11.4 Å². The molecule has 0 saturated heterocycles. The van der Waals surface area contributed by atoms with Crippen LogP contribution in [0.3, 0.4) is 0 Å². The summed E-state index contributed by atoms with van der Waals surface area (Å²) in [7, 11) is 0. The Labute approximate surface area is 81.3 Å². The van der Waals surface area contributed by atoms with E-state index in [1.165, 1.54) is 0 Å². The van der Waals surface area contributed by atoms with E-state index in [9.17, 15) is 4.79 Å². The van der Waals surface area contributed by atoms with E-state index in [1.54, 1.807) is 24.3 Å². The lowest BCUT2D eigenvalue weighted by atomic mass is 10.3. The summed E-state index contributed by atoms with van der Waals surface area (Å²) < 4.78 is 5.13. The number of hydrogen-bond acceptors (Lipinski definition) is 4. The number of carboxylic acids is 1. The van der Waals surface area contributed by atoms with Crippen molar-refractivity contribution in [3.8, 4) is 5.75 Å². The Balaban J connectivity index is 2.54. The van der Waals surface area contributed by atoms with E-state index in [0.717, 1.165) is 0 Å². The minimum atomic E-state index is -1.10. The Hall–Kier alpha value is -1.75. The van der Waals surface area contributed by atoms with E-state index < -0.39 is 12.0 Å². The smallest absolute Gasteiger partial charge is 0.324 e. The first-order valence-corrected chi connectivity index (χ1v) is 4.07. The summed E-state index contributed by atoms with van der Waals surface area (Å²) in [6, 6.07) is 5.80. The topological polar surface area (TPSA) is 98.6 Å². The maximum absolute atomic E-state index is 10.4. The molecule has 0 spiro atoms. The summed E-state index contributed by atoms with van der Waals surface area (Å²) >= 11 is 0. The zero-order valence-electron chi connectivity index (χ0n) is 7.51. The highest BCUT2D eigenvalue weighted by atomic mass is 16.5. The monoisotopic (exact) mass is 196 g/mol. The number of rotatable bonds is 4. The third kappa shape index (κ3) is 2.63. The zero-order chi connectivity index (χ0) is 10.6. The van der Waals surface area contributed by atoms with Crippen LogP contribution in [-0.2, 0) is 4.79 Å². The van der Waals surface area contributed by atoms with E-state index in [4.69, 9.17) is 21.3 Å². The molecular formula is C9H12N2O3. The van der Waals surface area contributed by atoms with Crippen molar-refractivity contribution < 1.29 is 14.6 Å². The van der Waals surface area contributed by atoms with Crippen molar-refractivity contribution in [2.24, 2.45) is 5.73 Å². The van der Waals surface area contributed by atoms with Crippen LogP contribution in [0.5, 0.6) is 5.75 Å². The summed E-state index contributed by atoms with van der Waals surface area (Å²) in [4.78, 5) is 10.4. The first-order valence-electron chi connectivity index (χ1n) is 4.07. The normalized spacial score (nSPS) is 12.1. The maximum atomic E-state index is 10.4. The van der Waals surface area contributed by atoms with Gasteiger partial charge in [0.25, 0.3) is 0 Å². The van der Waals surface area contributed by atoms with Gasteiger partial charge in [-0.15, -0.1) is 0 Å². The molecule has 0 fully saturated rings. The van der Waals surface area contributed by atoms with Crippen LogP contribution in [-0.4, -0.2) is 23.7 Å². The fraction of sp³-hybridized carbons (Fsp3) is 0.222. The molecule has 0 saturated carbocycles. The van der Waals surface area contributed by atoms with Crippen molar-refractivity contribution in [2.75, 3.05) is 12.3 Å². The fourth-order valence-corrected chi connectivity index (χ4v) is 0.863. The average molecular weight is 196 g/mol. The third-order valence-corrected chi connectivity index (χ3v) is 1.65. The highest BCUT2D eigenvalue weighted by Gasteiger charge is 2.12. The van der Waals surface area contributed by atoms with Gasteiger partial charge in [0.05, 0.1) is 5.69 Å². The molecule has 76 valence electrons. The van der Waals surface area contributed by atoms with E-state index >= 15 is 0 Å². The molecular weight excluding hydrogens is 184 g/mol. The number of carboxylic acid groups (broad SMARTS) is 1. The molecule has 5 nitrogen and oxygen atoms in total. The number of carbonyl (C=O) groups is 1. The summed E-state index contributed by atoms with van der Waals surface area (Å²) in [6.45, 7) is -0.0937. The molecule has 0 radical (unpaired) electrons. The van der Waals surface area contributed by atoms with Gasteiger partial charge in [0.1, 0.15) is 18.4 Å². The number of benzene rings is 1. The first-order chi connectivity index (χ1) is 6.61. The molecule has 0 aliphatic heterocycles. The van der Waals surface area contributed by atoms with Gasteiger partial charge in [-0.2, -0.15) is 0 Å². The molecule has 0 unspecified atom stereocenters. The second-order valence-corrected chi connectivity index (χ2v) is 2.79. The quantitative estimate of drug-likeness (QED) is 0.591. The lowest BCUT2D eigenvalue weighted by molar-refractivity contribution is -0.139. The predicted molar refractivity (Wildman–Crippen MR) is 52.0 cm³/mol. The van der Waals surface area contributed by atoms with Crippen molar-refractivity contribution in [2.45, 2.75) is 6.04 Å². The molecule has 0 aromatic heterocycles. The Morgan fingerprint density at radius 3 is 2.71 bits per heavy atom. The largest absolute Gasteiger partial charge is 0.489 e. The Bertz CT molecular complexity index is 328. The van der Waals surface area contributed by atoms with Gasteiger partial charge in [-0.05, 0) is 12.1 Å². The molecule has 1 aromatic carbocycles. The molecule has 0 heterocycles. The molecule has 0 aliphatic carbocycles. The summed E-state index contributed by atoms with van der Waals surface area (Å²) in [6.07, 6.45) is 0. The van der Waals surface area contributed by atoms with Gasteiger partial charge < -0.3 is 21.3 Å². The number of aliphatic carboxylic acids is 1. The summed E-state index contributed by atoms with van der Waals surface area (Å²) in [5, 5.41) is 8.49.